The van der Waals surface area contributed by atoms with Gasteiger partial charge in [-0.3, -0.25) is 0 Å². The number of alkyl halides is 2. The Morgan fingerprint density at radius 3 is 1.93 bits per heavy atom. The number of rotatable bonds is 4. The molecule has 2 aliphatic rings. The van der Waals surface area contributed by atoms with Crippen molar-refractivity contribution in [3.8, 4) is 0 Å². The normalized spacial score (nSPS) is 38.4. The summed E-state index contributed by atoms with van der Waals surface area (Å²) in [5.74, 6) is 0. The highest BCUT2D eigenvalue weighted by molar-refractivity contribution is 6.22. The smallest absolute Gasteiger partial charge is 0.277 e. The summed E-state index contributed by atoms with van der Waals surface area (Å²) in [6.45, 7) is -0.457. The van der Waals surface area contributed by atoms with Crippen molar-refractivity contribution in [3.05, 3.63) is 71.8 Å². The van der Waals surface area contributed by atoms with Gasteiger partial charge in [0.05, 0.1) is 13.2 Å². The van der Waals surface area contributed by atoms with Crippen molar-refractivity contribution < 1.29 is 29.2 Å². The molecule has 6 nitrogen and oxygen atoms in total. The Kier molecular flexibility index (Phi) is 5.66. The number of hydrogen-bond acceptors (Lipinski definition) is 6. The highest BCUT2D eigenvalue weighted by atomic mass is 35.5. The minimum absolute atomic E-state index is 0.0817. The second kappa shape index (κ2) is 7.89. The average molecular weight is 427 g/mol. The van der Waals surface area contributed by atoms with Gasteiger partial charge in [-0.2, -0.15) is 0 Å². The molecule has 8 heteroatoms. The lowest BCUT2D eigenvalue weighted by atomic mass is 10.0. The first-order valence-corrected chi connectivity index (χ1v) is 9.66. The van der Waals surface area contributed by atoms with Crippen LogP contribution in [0.5, 0.6) is 0 Å². The molecule has 6 atom stereocenters. The molecular weight excluding hydrogens is 407 g/mol. The number of benzene rings is 2. The van der Waals surface area contributed by atoms with Crippen LogP contribution in [-0.2, 0) is 29.4 Å². The number of aliphatic hydroxyl groups excluding tert-OH is 2. The van der Waals surface area contributed by atoms with Gasteiger partial charge in [0.2, 0.25) is 0 Å². The summed E-state index contributed by atoms with van der Waals surface area (Å²) in [5, 5.41) is 17.1. The van der Waals surface area contributed by atoms with Crippen molar-refractivity contribution in [2.24, 2.45) is 0 Å². The molecule has 28 heavy (non-hydrogen) atoms. The van der Waals surface area contributed by atoms with Crippen LogP contribution < -0.4 is 0 Å². The van der Waals surface area contributed by atoms with Gasteiger partial charge in [0.15, 0.2) is 0 Å². The van der Waals surface area contributed by atoms with E-state index in [1.165, 1.54) is 0 Å². The average Bonchev–Trinajstić information content (AvgIpc) is 3.09. The van der Waals surface area contributed by atoms with E-state index in [0.717, 1.165) is 0 Å². The van der Waals surface area contributed by atoms with Crippen LogP contribution in [0.4, 0.5) is 0 Å². The van der Waals surface area contributed by atoms with Gasteiger partial charge in [-0.25, -0.2) is 0 Å². The molecule has 2 heterocycles. The Morgan fingerprint density at radius 1 is 0.821 bits per heavy atom. The fraction of sp³-hybridized carbons (Fsp3) is 0.400. The van der Waals surface area contributed by atoms with Gasteiger partial charge in [-0.1, -0.05) is 83.9 Å². The third-order valence-corrected chi connectivity index (χ3v) is 5.62. The summed E-state index contributed by atoms with van der Waals surface area (Å²) in [7, 11) is 0. The molecule has 2 aromatic carbocycles. The number of ether oxygens (including phenoxy) is 4. The minimum Gasteiger partial charge on any atom is -0.394 e. The molecule has 0 radical (unpaired) electrons. The Balaban J connectivity index is 1.61. The van der Waals surface area contributed by atoms with Crippen LogP contribution in [0.25, 0.3) is 0 Å². The van der Waals surface area contributed by atoms with Crippen LogP contribution in [0.1, 0.15) is 11.1 Å². The zero-order valence-corrected chi connectivity index (χ0v) is 16.3. The van der Waals surface area contributed by atoms with Gasteiger partial charge < -0.3 is 29.2 Å². The first-order valence-electron chi connectivity index (χ1n) is 8.90. The molecule has 4 rings (SSSR count). The van der Waals surface area contributed by atoms with Gasteiger partial charge >= 0.3 is 0 Å². The molecule has 2 fully saturated rings. The van der Waals surface area contributed by atoms with Crippen LogP contribution in [0.15, 0.2) is 60.7 Å². The second-order valence-corrected chi connectivity index (χ2v) is 7.68. The molecule has 2 saturated heterocycles. The molecule has 2 aromatic rings. The molecule has 2 aliphatic heterocycles. The van der Waals surface area contributed by atoms with Crippen LogP contribution in [0.3, 0.4) is 0 Å². The third-order valence-electron chi connectivity index (χ3n) is 4.80. The summed E-state index contributed by atoms with van der Waals surface area (Å²) in [4.78, 5) is 0. The molecular formula is C20H20Cl2O6. The summed E-state index contributed by atoms with van der Waals surface area (Å²) < 4.78 is 23.2. The molecule has 0 spiro atoms. The lowest BCUT2D eigenvalue weighted by Gasteiger charge is -2.41. The van der Waals surface area contributed by atoms with Crippen LogP contribution in [0.2, 0.25) is 0 Å². The summed E-state index contributed by atoms with van der Waals surface area (Å²) in [5.41, 5.74) is 1.15. The maximum absolute atomic E-state index is 10.5. The second-order valence-electron chi connectivity index (χ2n) is 6.69. The molecule has 0 aromatic heterocycles. The number of aliphatic hydroxyl groups is 2. The van der Waals surface area contributed by atoms with E-state index in [4.69, 9.17) is 42.1 Å². The lowest BCUT2D eigenvalue weighted by Crippen LogP contribution is -2.55. The zero-order chi connectivity index (χ0) is 19.8. The lowest BCUT2D eigenvalue weighted by molar-refractivity contribution is -0.305. The third kappa shape index (κ3) is 3.67. The Labute approximate surface area is 172 Å². The monoisotopic (exact) mass is 426 g/mol. The Bertz CT molecular complexity index is 754. The zero-order valence-electron chi connectivity index (χ0n) is 14.8. The van der Waals surface area contributed by atoms with Crippen LogP contribution in [0, 0.1) is 0 Å². The summed E-state index contributed by atoms with van der Waals surface area (Å²) in [6, 6.07) is 17.9. The first kappa shape index (κ1) is 20.1. The van der Waals surface area contributed by atoms with Crippen LogP contribution >= 0.6 is 23.2 Å². The van der Waals surface area contributed by atoms with E-state index in [1.54, 1.807) is 48.5 Å². The molecule has 150 valence electrons. The predicted octanol–water partition coefficient (Wildman–Crippen LogP) is 2.64. The van der Waals surface area contributed by atoms with Gasteiger partial charge in [-0.15, -0.1) is 0 Å². The maximum Gasteiger partial charge on any atom is 0.277 e. The Hall–Kier alpha value is -1.22. The topological polar surface area (TPSA) is 77.4 Å². The quantitative estimate of drug-likeness (QED) is 0.731. The van der Waals surface area contributed by atoms with E-state index < -0.39 is 34.9 Å². The molecule has 2 unspecified atom stereocenters. The largest absolute Gasteiger partial charge is 0.394 e. The van der Waals surface area contributed by atoms with E-state index in [2.05, 4.69) is 0 Å². The SMILES string of the molecule is OC[C@H]1OC(Cl)(c2ccccc2)O[C@@H]1[C@H]1OC(Cl)(c2ccccc2)OC[C@@H]1O. The van der Waals surface area contributed by atoms with Gasteiger partial charge in [0.25, 0.3) is 10.5 Å². The molecule has 0 aliphatic carbocycles. The first-order chi connectivity index (χ1) is 13.5. The fourth-order valence-electron chi connectivity index (χ4n) is 3.38. The van der Waals surface area contributed by atoms with Crippen molar-refractivity contribution in [2.75, 3.05) is 13.2 Å². The van der Waals surface area contributed by atoms with E-state index in [9.17, 15) is 10.2 Å². The Morgan fingerprint density at radius 2 is 1.36 bits per heavy atom. The highest BCUT2D eigenvalue weighted by Gasteiger charge is 2.55. The molecule has 0 bridgehead atoms. The van der Waals surface area contributed by atoms with Gasteiger partial charge in [0.1, 0.15) is 24.4 Å². The van der Waals surface area contributed by atoms with Crippen molar-refractivity contribution in [2.45, 2.75) is 34.9 Å². The van der Waals surface area contributed by atoms with E-state index >= 15 is 0 Å². The van der Waals surface area contributed by atoms with Gasteiger partial charge in [-0.05, 0) is 0 Å². The van der Waals surface area contributed by atoms with Crippen molar-refractivity contribution in [1.82, 2.24) is 0 Å². The minimum atomic E-state index is -1.61. The number of halogens is 2. The van der Waals surface area contributed by atoms with Crippen LogP contribution in [-0.4, -0.2) is 47.8 Å². The molecule has 0 saturated carbocycles. The number of hydrogen-bond donors (Lipinski definition) is 2. The summed E-state index contributed by atoms with van der Waals surface area (Å²) in [6.07, 6.45) is -3.68. The molecule has 0 amide bonds. The van der Waals surface area contributed by atoms with E-state index in [1.807, 2.05) is 12.1 Å². The maximum atomic E-state index is 10.5. The highest BCUT2D eigenvalue weighted by Crippen LogP contribution is 2.46. The van der Waals surface area contributed by atoms with Crippen molar-refractivity contribution >= 4 is 23.2 Å². The predicted molar refractivity (Wildman–Crippen MR) is 102 cm³/mol. The van der Waals surface area contributed by atoms with Gasteiger partial charge in [0, 0.05) is 11.1 Å². The fourth-order valence-corrected chi connectivity index (χ4v) is 4.02. The van der Waals surface area contributed by atoms with E-state index in [-0.39, 0.29) is 13.2 Å². The van der Waals surface area contributed by atoms with Crippen molar-refractivity contribution in [1.29, 1.82) is 0 Å². The van der Waals surface area contributed by atoms with Crippen molar-refractivity contribution in [3.63, 3.8) is 0 Å². The standard InChI is InChI=1S/C20H20Cl2O6/c21-19(13-7-3-1-4-8-13)25-12-15(24)17(27-19)18-16(11-23)26-20(22,28-18)14-9-5-2-6-10-14/h1-10,15-18,23-24H,11-12H2/t15-,16+,17-,18-,19?,20?/m0/s1. The molecule has 2 N–H and O–H groups in total. The summed E-state index contributed by atoms with van der Waals surface area (Å²) >= 11 is 13.1. The van der Waals surface area contributed by atoms with E-state index in [0.29, 0.717) is 11.1 Å².